The number of likely N-dealkylation sites (N-methyl/N-ethyl adjacent to an activating group) is 1. The van der Waals surface area contributed by atoms with Gasteiger partial charge in [0.15, 0.2) is 0 Å². The molecule has 1 aliphatic heterocycles. The molecule has 1 heterocycles. The third kappa shape index (κ3) is 2.76. The number of rotatable bonds is 5. The molecule has 1 atom stereocenters. The standard InChI is InChI=1S/C16H26N2/c1-4-17-15(14-10-6-5-7-11-14)16(2,3)18-12-8-9-13-18/h5-7,10-11,15,17H,4,8-9,12-13H2,1-3H3. The molecule has 0 radical (unpaired) electrons. The summed E-state index contributed by atoms with van der Waals surface area (Å²) in [5, 5.41) is 3.67. The Hall–Kier alpha value is -0.860. The van der Waals surface area contributed by atoms with E-state index in [2.05, 4.69) is 61.3 Å². The van der Waals surface area contributed by atoms with Crippen LogP contribution in [0.1, 0.15) is 45.2 Å². The van der Waals surface area contributed by atoms with Gasteiger partial charge in [-0.05, 0) is 51.9 Å². The number of hydrogen-bond donors (Lipinski definition) is 1. The first kappa shape index (κ1) is 13.6. The molecule has 18 heavy (non-hydrogen) atoms. The molecular weight excluding hydrogens is 220 g/mol. The third-order valence-corrected chi connectivity index (χ3v) is 4.17. The molecule has 0 amide bonds. The summed E-state index contributed by atoms with van der Waals surface area (Å²) in [7, 11) is 0. The monoisotopic (exact) mass is 246 g/mol. The second kappa shape index (κ2) is 5.85. The molecule has 0 bridgehead atoms. The maximum atomic E-state index is 3.67. The lowest BCUT2D eigenvalue weighted by molar-refractivity contribution is 0.107. The summed E-state index contributed by atoms with van der Waals surface area (Å²) in [6, 6.07) is 11.3. The van der Waals surface area contributed by atoms with Crippen molar-refractivity contribution in [2.45, 2.75) is 45.2 Å². The van der Waals surface area contributed by atoms with Crippen molar-refractivity contribution < 1.29 is 0 Å². The van der Waals surface area contributed by atoms with Gasteiger partial charge in [0.2, 0.25) is 0 Å². The second-order valence-corrected chi connectivity index (χ2v) is 5.75. The van der Waals surface area contributed by atoms with E-state index in [1.807, 2.05) is 0 Å². The van der Waals surface area contributed by atoms with Gasteiger partial charge in [0.1, 0.15) is 0 Å². The van der Waals surface area contributed by atoms with E-state index in [-0.39, 0.29) is 5.54 Å². The minimum Gasteiger partial charge on any atom is -0.309 e. The Balaban J connectivity index is 2.23. The Morgan fingerprint density at radius 2 is 1.78 bits per heavy atom. The Morgan fingerprint density at radius 3 is 2.33 bits per heavy atom. The van der Waals surface area contributed by atoms with Crippen LogP contribution >= 0.6 is 0 Å². The zero-order chi connectivity index (χ0) is 13.0. The second-order valence-electron chi connectivity index (χ2n) is 5.75. The zero-order valence-electron chi connectivity index (χ0n) is 11.9. The molecular formula is C16H26N2. The number of likely N-dealkylation sites (tertiary alicyclic amines) is 1. The fraction of sp³-hybridized carbons (Fsp3) is 0.625. The Labute approximate surface area is 111 Å². The van der Waals surface area contributed by atoms with Gasteiger partial charge in [0, 0.05) is 5.54 Å². The molecule has 1 aromatic rings. The predicted molar refractivity (Wildman–Crippen MR) is 77.7 cm³/mol. The van der Waals surface area contributed by atoms with Crippen LogP contribution in [0.5, 0.6) is 0 Å². The van der Waals surface area contributed by atoms with Crippen molar-refractivity contribution in [3.05, 3.63) is 35.9 Å². The van der Waals surface area contributed by atoms with Crippen molar-refractivity contribution in [1.29, 1.82) is 0 Å². The highest BCUT2D eigenvalue weighted by atomic mass is 15.2. The number of nitrogens with one attached hydrogen (secondary N) is 1. The SMILES string of the molecule is CCNC(c1ccccc1)C(C)(C)N1CCCC1. The summed E-state index contributed by atoms with van der Waals surface area (Å²) in [4.78, 5) is 2.63. The molecule has 1 saturated heterocycles. The Kier molecular flexibility index (Phi) is 4.41. The maximum absolute atomic E-state index is 3.67. The molecule has 1 aliphatic rings. The first-order valence-corrected chi connectivity index (χ1v) is 7.19. The normalized spacial score (nSPS) is 19.1. The first-order chi connectivity index (χ1) is 8.66. The van der Waals surface area contributed by atoms with Crippen LogP contribution in [0.15, 0.2) is 30.3 Å². The summed E-state index contributed by atoms with van der Waals surface area (Å²) >= 11 is 0. The van der Waals surface area contributed by atoms with E-state index in [4.69, 9.17) is 0 Å². The first-order valence-electron chi connectivity index (χ1n) is 7.19. The van der Waals surface area contributed by atoms with E-state index < -0.39 is 0 Å². The molecule has 1 N–H and O–H groups in total. The van der Waals surface area contributed by atoms with E-state index in [9.17, 15) is 0 Å². The van der Waals surface area contributed by atoms with Crippen LogP contribution in [0.2, 0.25) is 0 Å². The quantitative estimate of drug-likeness (QED) is 0.858. The lowest BCUT2D eigenvalue weighted by Crippen LogP contribution is -2.51. The summed E-state index contributed by atoms with van der Waals surface area (Å²) in [6.07, 6.45) is 2.69. The highest BCUT2D eigenvalue weighted by molar-refractivity contribution is 5.23. The minimum absolute atomic E-state index is 0.174. The molecule has 2 heteroatoms. The Bertz CT molecular complexity index is 353. The van der Waals surface area contributed by atoms with Crippen LogP contribution in [-0.2, 0) is 0 Å². The fourth-order valence-electron chi connectivity index (χ4n) is 3.10. The van der Waals surface area contributed by atoms with Crippen LogP contribution in [0.25, 0.3) is 0 Å². The number of nitrogens with zero attached hydrogens (tertiary/aromatic N) is 1. The largest absolute Gasteiger partial charge is 0.309 e. The topological polar surface area (TPSA) is 15.3 Å². The van der Waals surface area contributed by atoms with Gasteiger partial charge in [-0.25, -0.2) is 0 Å². The summed E-state index contributed by atoms with van der Waals surface area (Å²) in [5.74, 6) is 0. The van der Waals surface area contributed by atoms with Crippen molar-refractivity contribution in [1.82, 2.24) is 10.2 Å². The molecule has 0 spiro atoms. The maximum Gasteiger partial charge on any atom is 0.0501 e. The molecule has 0 saturated carbocycles. The van der Waals surface area contributed by atoms with Gasteiger partial charge in [0.05, 0.1) is 6.04 Å². The van der Waals surface area contributed by atoms with Gasteiger partial charge in [-0.15, -0.1) is 0 Å². The number of hydrogen-bond acceptors (Lipinski definition) is 2. The molecule has 1 aromatic carbocycles. The lowest BCUT2D eigenvalue weighted by atomic mass is 9.87. The van der Waals surface area contributed by atoms with Crippen molar-refractivity contribution in [2.24, 2.45) is 0 Å². The predicted octanol–water partition coefficient (Wildman–Crippen LogP) is 3.21. The van der Waals surface area contributed by atoms with Crippen molar-refractivity contribution >= 4 is 0 Å². The fourth-order valence-corrected chi connectivity index (χ4v) is 3.10. The lowest BCUT2D eigenvalue weighted by Gasteiger charge is -2.42. The summed E-state index contributed by atoms with van der Waals surface area (Å²) in [6.45, 7) is 10.4. The molecule has 2 rings (SSSR count). The highest BCUT2D eigenvalue weighted by Crippen LogP contribution is 2.33. The Morgan fingerprint density at radius 1 is 1.17 bits per heavy atom. The van der Waals surface area contributed by atoms with E-state index >= 15 is 0 Å². The van der Waals surface area contributed by atoms with Gasteiger partial charge in [-0.3, -0.25) is 4.90 Å². The molecule has 0 aromatic heterocycles. The average Bonchev–Trinajstić information content (AvgIpc) is 2.91. The molecule has 1 unspecified atom stereocenters. The summed E-state index contributed by atoms with van der Waals surface area (Å²) < 4.78 is 0. The van der Waals surface area contributed by atoms with Gasteiger partial charge in [0.25, 0.3) is 0 Å². The van der Waals surface area contributed by atoms with Gasteiger partial charge in [-0.1, -0.05) is 37.3 Å². The van der Waals surface area contributed by atoms with Crippen molar-refractivity contribution in [2.75, 3.05) is 19.6 Å². The van der Waals surface area contributed by atoms with Crippen LogP contribution in [0.3, 0.4) is 0 Å². The van der Waals surface area contributed by atoms with E-state index in [1.165, 1.54) is 31.5 Å². The van der Waals surface area contributed by atoms with Gasteiger partial charge < -0.3 is 5.32 Å². The smallest absolute Gasteiger partial charge is 0.0501 e. The minimum atomic E-state index is 0.174. The van der Waals surface area contributed by atoms with Crippen LogP contribution in [0.4, 0.5) is 0 Å². The third-order valence-electron chi connectivity index (χ3n) is 4.17. The molecule has 100 valence electrons. The van der Waals surface area contributed by atoms with Crippen LogP contribution in [0, 0.1) is 0 Å². The van der Waals surface area contributed by atoms with E-state index in [1.54, 1.807) is 0 Å². The van der Waals surface area contributed by atoms with Crippen molar-refractivity contribution in [3.63, 3.8) is 0 Å². The molecule has 2 nitrogen and oxygen atoms in total. The molecule has 0 aliphatic carbocycles. The van der Waals surface area contributed by atoms with Crippen molar-refractivity contribution in [3.8, 4) is 0 Å². The summed E-state index contributed by atoms with van der Waals surface area (Å²) in [5.41, 5.74) is 1.57. The molecule has 1 fully saturated rings. The van der Waals surface area contributed by atoms with Gasteiger partial charge >= 0.3 is 0 Å². The van der Waals surface area contributed by atoms with E-state index in [0.717, 1.165) is 6.54 Å². The van der Waals surface area contributed by atoms with Gasteiger partial charge in [-0.2, -0.15) is 0 Å². The average molecular weight is 246 g/mol. The number of benzene rings is 1. The van der Waals surface area contributed by atoms with Crippen LogP contribution in [-0.4, -0.2) is 30.1 Å². The highest BCUT2D eigenvalue weighted by Gasteiger charge is 2.36. The van der Waals surface area contributed by atoms with Crippen LogP contribution < -0.4 is 5.32 Å². The zero-order valence-corrected chi connectivity index (χ0v) is 11.9. The van der Waals surface area contributed by atoms with E-state index in [0.29, 0.717) is 6.04 Å².